The van der Waals surface area contributed by atoms with Gasteiger partial charge in [0.25, 0.3) is 5.91 Å². The Kier molecular flexibility index (Phi) is 5.54. The third-order valence-corrected chi connectivity index (χ3v) is 5.94. The Bertz CT molecular complexity index is 1540. The van der Waals surface area contributed by atoms with Gasteiger partial charge in [-0.2, -0.15) is 0 Å². The van der Waals surface area contributed by atoms with Crippen LogP contribution in [0.1, 0.15) is 15.9 Å². The van der Waals surface area contributed by atoms with Gasteiger partial charge in [0.2, 0.25) is 5.89 Å². The lowest BCUT2D eigenvalue weighted by molar-refractivity contribution is 0.0977. The molecule has 5 aromatic rings. The molecule has 0 aliphatic heterocycles. The maximum Gasteiger partial charge on any atom is 0.257 e. The van der Waals surface area contributed by atoms with E-state index in [4.69, 9.17) is 28.2 Å². The molecule has 1 aromatic heterocycles. The Morgan fingerprint density at radius 2 is 1.82 bits per heavy atom. The van der Waals surface area contributed by atoms with Gasteiger partial charge in [0.05, 0.1) is 0 Å². The van der Waals surface area contributed by atoms with Crippen LogP contribution >= 0.6 is 23.8 Å². The molecule has 4 aromatic carbocycles. The molecule has 33 heavy (non-hydrogen) atoms. The quantitative estimate of drug-likeness (QED) is 0.285. The highest BCUT2D eigenvalue weighted by molar-refractivity contribution is 7.80. The standard InChI is InChI=1S/C26H18ClN3O2S/c1-15-9-10-17(13-21(15)27)24(31)30-26(33)28-18-11-12-23-22(14-18)29-25(32-23)20-8-4-6-16-5-2-3-7-19(16)20/h2-14H,1H3,(H2,28,30,31,33). The molecular weight excluding hydrogens is 454 g/mol. The Labute approximate surface area is 200 Å². The van der Waals surface area contributed by atoms with Crippen molar-refractivity contribution in [2.75, 3.05) is 5.32 Å². The smallest absolute Gasteiger partial charge is 0.257 e. The second-order valence-electron chi connectivity index (χ2n) is 7.60. The van der Waals surface area contributed by atoms with E-state index in [0.717, 1.165) is 21.9 Å². The number of fused-ring (bicyclic) bond motifs is 2. The fourth-order valence-corrected chi connectivity index (χ4v) is 4.00. The number of halogens is 1. The van der Waals surface area contributed by atoms with E-state index in [1.807, 2.05) is 49.4 Å². The molecule has 5 rings (SSSR count). The predicted octanol–water partition coefficient (Wildman–Crippen LogP) is 6.74. The van der Waals surface area contributed by atoms with E-state index in [9.17, 15) is 4.79 Å². The molecule has 0 unspecified atom stereocenters. The monoisotopic (exact) mass is 471 g/mol. The van der Waals surface area contributed by atoms with Gasteiger partial charge in [-0.25, -0.2) is 4.98 Å². The van der Waals surface area contributed by atoms with Crippen molar-refractivity contribution in [3.63, 3.8) is 0 Å². The van der Waals surface area contributed by atoms with E-state index in [-0.39, 0.29) is 11.0 Å². The minimum absolute atomic E-state index is 0.175. The number of carbonyl (C=O) groups excluding carboxylic acids is 1. The Morgan fingerprint density at radius 3 is 2.67 bits per heavy atom. The lowest BCUT2D eigenvalue weighted by Gasteiger charge is -2.10. The first-order valence-corrected chi connectivity index (χ1v) is 11.0. The van der Waals surface area contributed by atoms with Crippen molar-refractivity contribution >= 4 is 62.4 Å². The SMILES string of the molecule is Cc1ccc(C(=O)NC(=S)Nc2ccc3oc(-c4cccc5ccccc45)nc3c2)cc1Cl. The van der Waals surface area contributed by atoms with Gasteiger partial charge in [-0.1, -0.05) is 54.1 Å². The first kappa shape index (κ1) is 21.1. The number of thiocarbonyl (C=S) groups is 1. The van der Waals surface area contributed by atoms with Crippen LogP contribution < -0.4 is 10.6 Å². The van der Waals surface area contributed by atoms with Crippen LogP contribution in [0, 0.1) is 6.92 Å². The maximum atomic E-state index is 12.5. The molecule has 0 spiro atoms. The van der Waals surface area contributed by atoms with Gasteiger partial charge in [-0.15, -0.1) is 0 Å². The van der Waals surface area contributed by atoms with E-state index in [0.29, 0.717) is 33.3 Å². The normalized spacial score (nSPS) is 11.0. The van der Waals surface area contributed by atoms with Crippen LogP contribution in [0.15, 0.2) is 83.3 Å². The number of aromatic nitrogens is 1. The van der Waals surface area contributed by atoms with Gasteiger partial charge in [0.15, 0.2) is 10.7 Å². The second kappa shape index (κ2) is 8.65. The van der Waals surface area contributed by atoms with Crippen LogP contribution in [0.2, 0.25) is 5.02 Å². The van der Waals surface area contributed by atoms with E-state index < -0.39 is 0 Å². The maximum absolute atomic E-state index is 12.5. The van der Waals surface area contributed by atoms with Crippen molar-refractivity contribution in [2.45, 2.75) is 6.92 Å². The number of nitrogens with zero attached hydrogens (tertiary/aromatic N) is 1. The predicted molar refractivity (Wildman–Crippen MR) is 137 cm³/mol. The molecule has 5 nitrogen and oxygen atoms in total. The van der Waals surface area contributed by atoms with Gasteiger partial charge in [-0.3, -0.25) is 10.1 Å². The van der Waals surface area contributed by atoms with Gasteiger partial charge < -0.3 is 9.73 Å². The van der Waals surface area contributed by atoms with Crippen LogP contribution in [-0.4, -0.2) is 16.0 Å². The lowest BCUT2D eigenvalue weighted by Crippen LogP contribution is -2.34. The fraction of sp³-hybridized carbons (Fsp3) is 0.0385. The highest BCUT2D eigenvalue weighted by Gasteiger charge is 2.13. The van der Waals surface area contributed by atoms with Crippen LogP contribution in [0.3, 0.4) is 0 Å². The molecule has 0 saturated heterocycles. The van der Waals surface area contributed by atoms with Crippen LogP contribution in [0.25, 0.3) is 33.3 Å². The zero-order valence-electron chi connectivity index (χ0n) is 17.6. The van der Waals surface area contributed by atoms with Crippen LogP contribution in [-0.2, 0) is 0 Å². The summed E-state index contributed by atoms with van der Waals surface area (Å²) in [5.41, 5.74) is 4.29. The molecule has 1 amide bonds. The van der Waals surface area contributed by atoms with Crippen molar-refractivity contribution in [3.8, 4) is 11.5 Å². The summed E-state index contributed by atoms with van der Waals surface area (Å²) in [6.45, 7) is 1.88. The number of carbonyl (C=O) groups is 1. The Hall–Kier alpha value is -3.74. The molecule has 2 N–H and O–H groups in total. The molecule has 0 aliphatic carbocycles. The van der Waals surface area contributed by atoms with E-state index in [1.54, 1.807) is 18.2 Å². The van der Waals surface area contributed by atoms with E-state index >= 15 is 0 Å². The molecule has 1 heterocycles. The highest BCUT2D eigenvalue weighted by Crippen LogP contribution is 2.31. The van der Waals surface area contributed by atoms with Crippen molar-refractivity contribution in [1.29, 1.82) is 0 Å². The minimum Gasteiger partial charge on any atom is -0.436 e. The molecule has 0 atom stereocenters. The third kappa shape index (κ3) is 4.31. The number of hydrogen-bond donors (Lipinski definition) is 2. The topological polar surface area (TPSA) is 67.2 Å². The lowest BCUT2D eigenvalue weighted by atomic mass is 10.0. The molecule has 0 saturated carbocycles. The summed E-state index contributed by atoms with van der Waals surface area (Å²) in [6, 6.07) is 24.7. The number of amides is 1. The molecule has 7 heteroatoms. The third-order valence-electron chi connectivity index (χ3n) is 5.33. The molecular formula is C26H18ClN3O2S. The molecule has 0 aliphatic rings. The number of rotatable bonds is 3. The average Bonchev–Trinajstić information content (AvgIpc) is 3.23. The molecule has 162 valence electrons. The first-order chi connectivity index (χ1) is 16.0. The fourth-order valence-electron chi connectivity index (χ4n) is 3.60. The number of hydrogen-bond acceptors (Lipinski definition) is 4. The summed E-state index contributed by atoms with van der Waals surface area (Å²) in [5.74, 6) is 0.209. The Morgan fingerprint density at radius 1 is 1.00 bits per heavy atom. The number of anilines is 1. The van der Waals surface area contributed by atoms with Gasteiger partial charge in [0.1, 0.15) is 5.52 Å². The summed E-state index contributed by atoms with van der Waals surface area (Å²) in [6.07, 6.45) is 0. The zero-order chi connectivity index (χ0) is 22.9. The van der Waals surface area contributed by atoms with Gasteiger partial charge in [-0.05, 0) is 71.9 Å². The van der Waals surface area contributed by atoms with Crippen molar-refractivity contribution in [2.24, 2.45) is 0 Å². The number of aryl methyl sites for hydroxylation is 1. The summed E-state index contributed by atoms with van der Waals surface area (Å²) in [4.78, 5) is 17.1. The summed E-state index contributed by atoms with van der Waals surface area (Å²) in [7, 11) is 0. The summed E-state index contributed by atoms with van der Waals surface area (Å²) in [5, 5.41) is 8.59. The average molecular weight is 472 g/mol. The van der Waals surface area contributed by atoms with Crippen LogP contribution in [0.5, 0.6) is 0 Å². The highest BCUT2D eigenvalue weighted by atomic mass is 35.5. The van der Waals surface area contributed by atoms with Crippen LogP contribution in [0.4, 0.5) is 5.69 Å². The molecule has 0 radical (unpaired) electrons. The number of benzene rings is 4. The van der Waals surface area contributed by atoms with Gasteiger partial charge in [0, 0.05) is 21.8 Å². The number of nitrogens with one attached hydrogen (secondary N) is 2. The zero-order valence-corrected chi connectivity index (χ0v) is 19.1. The van der Waals surface area contributed by atoms with Crippen molar-refractivity contribution in [3.05, 3.63) is 95.0 Å². The first-order valence-electron chi connectivity index (χ1n) is 10.3. The largest absolute Gasteiger partial charge is 0.436 e. The van der Waals surface area contributed by atoms with E-state index in [1.165, 1.54) is 0 Å². The number of oxazole rings is 1. The molecule has 0 bridgehead atoms. The minimum atomic E-state index is -0.338. The Balaban J connectivity index is 1.36. The van der Waals surface area contributed by atoms with E-state index in [2.05, 4.69) is 33.8 Å². The van der Waals surface area contributed by atoms with Gasteiger partial charge >= 0.3 is 0 Å². The molecule has 0 fully saturated rings. The summed E-state index contributed by atoms with van der Waals surface area (Å²) >= 11 is 11.4. The second-order valence-corrected chi connectivity index (χ2v) is 8.42. The summed E-state index contributed by atoms with van der Waals surface area (Å²) < 4.78 is 6.01. The van der Waals surface area contributed by atoms with Crippen molar-refractivity contribution in [1.82, 2.24) is 10.3 Å². The van der Waals surface area contributed by atoms with Crippen molar-refractivity contribution < 1.29 is 9.21 Å².